The quantitative estimate of drug-likeness (QED) is 0.671. The van der Waals surface area contributed by atoms with Crippen LogP contribution in [0.4, 0.5) is 0 Å². The fraction of sp³-hybridized carbons (Fsp3) is 0.583. The van der Waals surface area contributed by atoms with Gasteiger partial charge >= 0.3 is 0 Å². The van der Waals surface area contributed by atoms with Crippen LogP contribution in [0.25, 0.3) is 0 Å². The van der Waals surface area contributed by atoms with Crippen LogP contribution in [0.3, 0.4) is 0 Å². The standard InChI is InChI=1S/C12H17N/c1-8(2)12-11(10-4-5-10)6-9(3)7-13-12/h6-8,10H,4-5H2,1-3H3. The van der Waals surface area contributed by atoms with E-state index >= 15 is 0 Å². The molecule has 0 amide bonds. The van der Waals surface area contributed by atoms with Crippen LogP contribution in [0.2, 0.25) is 0 Å². The number of nitrogens with zero attached hydrogens (tertiary/aromatic N) is 1. The first kappa shape index (κ1) is 8.74. The van der Waals surface area contributed by atoms with Gasteiger partial charge in [0.25, 0.3) is 0 Å². The molecule has 0 spiro atoms. The number of aromatic nitrogens is 1. The molecule has 1 fully saturated rings. The summed E-state index contributed by atoms with van der Waals surface area (Å²) in [7, 11) is 0. The van der Waals surface area contributed by atoms with Gasteiger partial charge in [-0.1, -0.05) is 19.9 Å². The van der Waals surface area contributed by atoms with E-state index in [-0.39, 0.29) is 0 Å². The highest BCUT2D eigenvalue weighted by atomic mass is 14.7. The molecule has 1 aliphatic rings. The molecule has 1 aromatic rings. The summed E-state index contributed by atoms with van der Waals surface area (Å²) < 4.78 is 0. The Balaban J connectivity index is 2.42. The molecule has 1 aromatic heterocycles. The second-order valence-corrected chi connectivity index (χ2v) is 4.42. The van der Waals surface area contributed by atoms with Crippen molar-refractivity contribution in [2.75, 3.05) is 0 Å². The van der Waals surface area contributed by atoms with Crippen molar-refractivity contribution in [2.24, 2.45) is 0 Å². The lowest BCUT2D eigenvalue weighted by atomic mass is 9.99. The molecular weight excluding hydrogens is 158 g/mol. The summed E-state index contributed by atoms with van der Waals surface area (Å²) in [6.45, 7) is 6.58. The molecule has 13 heavy (non-hydrogen) atoms. The van der Waals surface area contributed by atoms with Gasteiger partial charge in [0.1, 0.15) is 0 Å². The Morgan fingerprint density at radius 3 is 2.62 bits per heavy atom. The minimum atomic E-state index is 0.566. The summed E-state index contributed by atoms with van der Waals surface area (Å²) in [4.78, 5) is 4.54. The third kappa shape index (κ3) is 1.74. The first-order valence-electron chi connectivity index (χ1n) is 5.15. The van der Waals surface area contributed by atoms with E-state index in [4.69, 9.17) is 0 Å². The van der Waals surface area contributed by atoms with E-state index in [1.807, 2.05) is 6.20 Å². The Hall–Kier alpha value is -0.850. The summed E-state index contributed by atoms with van der Waals surface area (Å²) in [6, 6.07) is 2.32. The molecule has 1 saturated carbocycles. The zero-order valence-corrected chi connectivity index (χ0v) is 8.67. The van der Waals surface area contributed by atoms with Gasteiger partial charge in [-0.05, 0) is 42.7 Å². The molecule has 1 heterocycles. The second kappa shape index (κ2) is 3.13. The molecule has 0 aliphatic heterocycles. The number of pyridine rings is 1. The Bertz CT molecular complexity index is 311. The van der Waals surface area contributed by atoms with E-state index in [2.05, 4.69) is 31.8 Å². The molecule has 1 heteroatoms. The van der Waals surface area contributed by atoms with Gasteiger partial charge in [-0.15, -0.1) is 0 Å². The molecule has 0 N–H and O–H groups in total. The lowest BCUT2D eigenvalue weighted by Gasteiger charge is -2.11. The number of hydrogen-bond acceptors (Lipinski definition) is 1. The zero-order chi connectivity index (χ0) is 9.42. The van der Waals surface area contributed by atoms with Crippen molar-refractivity contribution in [2.45, 2.75) is 45.4 Å². The van der Waals surface area contributed by atoms with Crippen LogP contribution in [0.15, 0.2) is 12.3 Å². The first-order chi connectivity index (χ1) is 6.18. The Morgan fingerprint density at radius 2 is 2.08 bits per heavy atom. The van der Waals surface area contributed by atoms with E-state index < -0.39 is 0 Å². The van der Waals surface area contributed by atoms with Crippen LogP contribution in [-0.2, 0) is 0 Å². The van der Waals surface area contributed by atoms with Gasteiger partial charge in [0.05, 0.1) is 0 Å². The van der Waals surface area contributed by atoms with Crippen molar-refractivity contribution in [1.29, 1.82) is 0 Å². The summed E-state index contributed by atoms with van der Waals surface area (Å²) >= 11 is 0. The van der Waals surface area contributed by atoms with Crippen LogP contribution in [0.1, 0.15) is 55.3 Å². The second-order valence-electron chi connectivity index (χ2n) is 4.42. The van der Waals surface area contributed by atoms with Gasteiger partial charge in [0, 0.05) is 11.9 Å². The molecule has 0 radical (unpaired) electrons. The normalized spacial score (nSPS) is 16.6. The fourth-order valence-corrected chi connectivity index (χ4v) is 1.81. The highest BCUT2D eigenvalue weighted by molar-refractivity contribution is 5.32. The number of aryl methyl sites for hydroxylation is 1. The van der Waals surface area contributed by atoms with E-state index in [0.717, 1.165) is 5.92 Å². The predicted octanol–water partition coefficient (Wildman–Crippen LogP) is 3.39. The van der Waals surface area contributed by atoms with Crippen molar-refractivity contribution in [1.82, 2.24) is 4.98 Å². The molecular formula is C12H17N. The summed E-state index contributed by atoms with van der Waals surface area (Å²) in [6.07, 6.45) is 4.72. The summed E-state index contributed by atoms with van der Waals surface area (Å²) in [5, 5.41) is 0. The highest BCUT2D eigenvalue weighted by Gasteiger charge is 2.27. The molecule has 0 unspecified atom stereocenters. The largest absolute Gasteiger partial charge is 0.260 e. The van der Waals surface area contributed by atoms with Crippen molar-refractivity contribution < 1.29 is 0 Å². The molecule has 2 rings (SSSR count). The topological polar surface area (TPSA) is 12.9 Å². The minimum Gasteiger partial charge on any atom is -0.260 e. The van der Waals surface area contributed by atoms with Crippen LogP contribution >= 0.6 is 0 Å². The monoisotopic (exact) mass is 175 g/mol. The molecule has 1 nitrogen and oxygen atoms in total. The van der Waals surface area contributed by atoms with E-state index in [0.29, 0.717) is 5.92 Å². The average molecular weight is 175 g/mol. The smallest absolute Gasteiger partial charge is 0.0463 e. The minimum absolute atomic E-state index is 0.566. The van der Waals surface area contributed by atoms with Crippen molar-refractivity contribution in [3.63, 3.8) is 0 Å². The average Bonchev–Trinajstić information content (AvgIpc) is 2.85. The van der Waals surface area contributed by atoms with E-state index in [9.17, 15) is 0 Å². The Labute approximate surface area is 80.2 Å². The molecule has 70 valence electrons. The first-order valence-corrected chi connectivity index (χ1v) is 5.15. The third-order valence-electron chi connectivity index (χ3n) is 2.65. The van der Waals surface area contributed by atoms with E-state index in [1.165, 1.54) is 29.7 Å². The van der Waals surface area contributed by atoms with Gasteiger partial charge in [-0.3, -0.25) is 4.98 Å². The summed E-state index contributed by atoms with van der Waals surface area (Å²) in [5.41, 5.74) is 4.12. The van der Waals surface area contributed by atoms with Crippen molar-refractivity contribution >= 4 is 0 Å². The van der Waals surface area contributed by atoms with Crippen LogP contribution in [-0.4, -0.2) is 4.98 Å². The van der Waals surface area contributed by atoms with Gasteiger partial charge in [-0.25, -0.2) is 0 Å². The number of rotatable bonds is 2. The van der Waals surface area contributed by atoms with Crippen LogP contribution < -0.4 is 0 Å². The molecule has 0 bridgehead atoms. The SMILES string of the molecule is Cc1cnc(C(C)C)c(C2CC2)c1. The lowest BCUT2D eigenvalue weighted by molar-refractivity contribution is 0.795. The molecule has 0 aromatic carbocycles. The molecule has 0 saturated heterocycles. The zero-order valence-electron chi connectivity index (χ0n) is 8.67. The predicted molar refractivity (Wildman–Crippen MR) is 55.0 cm³/mol. The Kier molecular flexibility index (Phi) is 2.10. The van der Waals surface area contributed by atoms with Crippen molar-refractivity contribution in [3.05, 3.63) is 29.1 Å². The maximum atomic E-state index is 4.54. The maximum absolute atomic E-state index is 4.54. The van der Waals surface area contributed by atoms with Gasteiger partial charge in [-0.2, -0.15) is 0 Å². The summed E-state index contributed by atoms with van der Waals surface area (Å²) in [5.74, 6) is 1.39. The third-order valence-corrected chi connectivity index (χ3v) is 2.65. The fourth-order valence-electron chi connectivity index (χ4n) is 1.81. The van der Waals surface area contributed by atoms with Crippen LogP contribution in [0.5, 0.6) is 0 Å². The van der Waals surface area contributed by atoms with Gasteiger partial charge < -0.3 is 0 Å². The number of hydrogen-bond donors (Lipinski definition) is 0. The maximum Gasteiger partial charge on any atom is 0.0463 e. The highest BCUT2D eigenvalue weighted by Crippen LogP contribution is 2.42. The van der Waals surface area contributed by atoms with Gasteiger partial charge in [0.15, 0.2) is 0 Å². The van der Waals surface area contributed by atoms with E-state index in [1.54, 1.807) is 0 Å². The van der Waals surface area contributed by atoms with Crippen LogP contribution in [0, 0.1) is 6.92 Å². The Morgan fingerprint density at radius 1 is 1.38 bits per heavy atom. The molecule has 1 aliphatic carbocycles. The van der Waals surface area contributed by atoms with Crippen molar-refractivity contribution in [3.8, 4) is 0 Å². The molecule has 0 atom stereocenters. The van der Waals surface area contributed by atoms with Gasteiger partial charge in [0.2, 0.25) is 0 Å². The lowest BCUT2D eigenvalue weighted by Crippen LogP contribution is -1.99.